The van der Waals surface area contributed by atoms with Crippen LogP contribution in [0, 0.1) is 0 Å². The smallest absolute Gasteiger partial charge is 0.191 e. The lowest BCUT2D eigenvalue weighted by Gasteiger charge is -2.40. The maximum atomic E-state index is 6.52. The Hall–Kier alpha value is -2.57. The van der Waals surface area contributed by atoms with Gasteiger partial charge in [0.2, 0.25) is 0 Å². The van der Waals surface area contributed by atoms with Gasteiger partial charge in [-0.15, -0.1) is 0 Å². The average molecular weight is 449 g/mol. The summed E-state index contributed by atoms with van der Waals surface area (Å²) < 4.78 is 12.0. The summed E-state index contributed by atoms with van der Waals surface area (Å²) in [6.45, 7) is 5.40. The van der Waals surface area contributed by atoms with Crippen LogP contribution in [-0.2, 0) is 17.8 Å². The number of fused-ring (bicyclic) bond motifs is 1. The Kier molecular flexibility index (Phi) is 6.83. The summed E-state index contributed by atoms with van der Waals surface area (Å²) in [7, 11) is 1.85. The largest absolute Gasteiger partial charge is 0.487 e. The Morgan fingerprint density at radius 2 is 1.85 bits per heavy atom. The van der Waals surface area contributed by atoms with Crippen molar-refractivity contribution in [3.63, 3.8) is 0 Å². The number of guanidine groups is 1. The lowest BCUT2D eigenvalue weighted by atomic mass is 9.86. The molecule has 6 nitrogen and oxygen atoms in total. The topological polar surface area (TPSA) is 58.1 Å². The monoisotopic (exact) mass is 448 g/mol. The summed E-state index contributed by atoms with van der Waals surface area (Å²) in [5.41, 5.74) is 3.81. The second-order valence-corrected chi connectivity index (χ2v) is 9.57. The van der Waals surface area contributed by atoms with Crippen molar-refractivity contribution in [1.29, 1.82) is 0 Å². The minimum Gasteiger partial charge on any atom is -0.487 e. The van der Waals surface area contributed by atoms with E-state index in [1.165, 1.54) is 29.5 Å². The van der Waals surface area contributed by atoms with E-state index in [-0.39, 0.29) is 11.6 Å². The van der Waals surface area contributed by atoms with Crippen molar-refractivity contribution in [2.45, 2.75) is 56.8 Å². The molecule has 5 rings (SSSR count). The molecular formula is C27H36N4O2. The van der Waals surface area contributed by atoms with E-state index in [0.29, 0.717) is 0 Å². The van der Waals surface area contributed by atoms with E-state index < -0.39 is 0 Å². The van der Waals surface area contributed by atoms with Crippen LogP contribution in [0.3, 0.4) is 0 Å². The minimum absolute atomic E-state index is 0.0291. The number of rotatable bonds is 5. The molecule has 0 amide bonds. The normalized spacial score (nSPS) is 22.6. The predicted molar refractivity (Wildman–Crippen MR) is 131 cm³/mol. The fourth-order valence-corrected chi connectivity index (χ4v) is 5.47. The zero-order chi connectivity index (χ0) is 22.5. The van der Waals surface area contributed by atoms with Crippen LogP contribution < -0.4 is 15.4 Å². The average Bonchev–Trinajstić information content (AvgIpc) is 3.29. The molecule has 176 valence electrons. The summed E-state index contributed by atoms with van der Waals surface area (Å²) in [4.78, 5) is 6.99. The molecule has 1 saturated heterocycles. The van der Waals surface area contributed by atoms with Gasteiger partial charge in [-0.1, -0.05) is 42.5 Å². The van der Waals surface area contributed by atoms with Gasteiger partial charge in [0.1, 0.15) is 11.4 Å². The molecule has 1 unspecified atom stereocenters. The van der Waals surface area contributed by atoms with Gasteiger partial charge in [-0.3, -0.25) is 9.89 Å². The van der Waals surface area contributed by atoms with Gasteiger partial charge in [-0.05, 0) is 42.9 Å². The number of ether oxygens (including phenoxy) is 2. The van der Waals surface area contributed by atoms with Gasteiger partial charge in [0.05, 0.1) is 19.3 Å². The maximum Gasteiger partial charge on any atom is 0.191 e. The van der Waals surface area contributed by atoms with Crippen LogP contribution in [0.5, 0.6) is 5.75 Å². The molecule has 2 heterocycles. The third kappa shape index (κ3) is 5.33. The molecule has 2 aliphatic heterocycles. The first-order chi connectivity index (χ1) is 16.2. The Morgan fingerprint density at radius 1 is 1.06 bits per heavy atom. The van der Waals surface area contributed by atoms with Gasteiger partial charge in [-0.2, -0.15) is 0 Å². The molecule has 0 aromatic heterocycles. The summed E-state index contributed by atoms with van der Waals surface area (Å²) in [5.74, 6) is 1.86. The molecule has 2 aromatic rings. The summed E-state index contributed by atoms with van der Waals surface area (Å²) >= 11 is 0. The molecular weight excluding hydrogens is 412 g/mol. The van der Waals surface area contributed by atoms with Crippen molar-refractivity contribution in [2.75, 3.05) is 33.4 Å². The maximum absolute atomic E-state index is 6.52. The Morgan fingerprint density at radius 3 is 2.67 bits per heavy atom. The highest BCUT2D eigenvalue weighted by Gasteiger charge is 2.43. The third-order valence-electron chi connectivity index (χ3n) is 7.21. The third-order valence-corrected chi connectivity index (χ3v) is 7.21. The zero-order valence-electron chi connectivity index (χ0n) is 19.7. The Labute approximate surface area is 197 Å². The molecule has 3 aliphatic rings. The van der Waals surface area contributed by atoms with Gasteiger partial charge < -0.3 is 20.1 Å². The molecule has 1 saturated carbocycles. The number of morpholine rings is 1. The summed E-state index contributed by atoms with van der Waals surface area (Å²) in [6.07, 6.45) is 5.77. The highest BCUT2D eigenvalue weighted by Crippen LogP contribution is 2.46. The van der Waals surface area contributed by atoms with Crippen LogP contribution in [0.25, 0.3) is 0 Å². The quantitative estimate of drug-likeness (QED) is 0.535. The van der Waals surface area contributed by atoms with Gasteiger partial charge >= 0.3 is 0 Å². The molecule has 1 spiro atoms. The van der Waals surface area contributed by atoms with Crippen molar-refractivity contribution in [3.8, 4) is 5.75 Å². The number of hydrogen-bond donors (Lipinski definition) is 2. The fraction of sp³-hybridized carbons (Fsp3) is 0.519. The molecule has 6 heteroatoms. The standard InChI is InChI=1S/C27H36N4O2/c1-28-26(29-19-21-7-6-8-22(17-21)20-31-13-15-32-16-14-31)30-24-18-27(11-4-5-12-27)33-25-10-3-2-9-23(24)25/h2-3,6-10,17,24H,4-5,11-16,18-20H2,1H3,(H2,28,29,30). The zero-order valence-corrected chi connectivity index (χ0v) is 19.7. The molecule has 0 radical (unpaired) electrons. The molecule has 1 aliphatic carbocycles. The molecule has 2 aromatic carbocycles. The van der Waals surface area contributed by atoms with Crippen molar-refractivity contribution >= 4 is 5.96 Å². The highest BCUT2D eigenvalue weighted by molar-refractivity contribution is 5.80. The van der Waals surface area contributed by atoms with Gasteiger partial charge in [0.15, 0.2) is 5.96 Å². The van der Waals surface area contributed by atoms with Crippen LogP contribution in [0.15, 0.2) is 53.5 Å². The Bertz CT molecular complexity index is 964. The van der Waals surface area contributed by atoms with E-state index in [2.05, 4.69) is 69.1 Å². The highest BCUT2D eigenvalue weighted by atomic mass is 16.5. The number of hydrogen-bond acceptors (Lipinski definition) is 4. The van der Waals surface area contributed by atoms with Crippen LogP contribution >= 0.6 is 0 Å². The number of para-hydroxylation sites is 1. The number of nitrogens with one attached hydrogen (secondary N) is 2. The van der Waals surface area contributed by atoms with Crippen molar-refractivity contribution in [2.24, 2.45) is 4.99 Å². The van der Waals surface area contributed by atoms with Crippen LogP contribution in [0.1, 0.15) is 54.8 Å². The Balaban J connectivity index is 1.23. The number of benzene rings is 2. The van der Waals surface area contributed by atoms with E-state index in [1.54, 1.807) is 0 Å². The van der Waals surface area contributed by atoms with E-state index in [4.69, 9.17) is 9.47 Å². The molecule has 0 bridgehead atoms. The van der Waals surface area contributed by atoms with Crippen molar-refractivity contribution < 1.29 is 9.47 Å². The summed E-state index contributed by atoms with van der Waals surface area (Å²) in [5, 5.41) is 7.24. The van der Waals surface area contributed by atoms with E-state index in [9.17, 15) is 0 Å². The first kappa shape index (κ1) is 22.2. The van der Waals surface area contributed by atoms with E-state index in [0.717, 1.165) is 70.4 Å². The lowest BCUT2D eigenvalue weighted by molar-refractivity contribution is 0.0342. The van der Waals surface area contributed by atoms with Crippen molar-refractivity contribution in [1.82, 2.24) is 15.5 Å². The molecule has 1 atom stereocenters. The lowest BCUT2D eigenvalue weighted by Crippen LogP contribution is -2.46. The molecule has 2 fully saturated rings. The second-order valence-electron chi connectivity index (χ2n) is 9.57. The second kappa shape index (κ2) is 10.1. The first-order valence-corrected chi connectivity index (χ1v) is 12.4. The van der Waals surface area contributed by atoms with Gasteiger partial charge in [0, 0.05) is 45.2 Å². The molecule has 33 heavy (non-hydrogen) atoms. The van der Waals surface area contributed by atoms with Crippen molar-refractivity contribution in [3.05, 3.63) is 65.2 Å². The number of nitrogens with zero attached hydrogens (tertiary/aromatic N) is 2. The predicted octanol–water partition coefficient (Wildman–Crippen LogP) is 4.02. The number of aliphatic imine (C=N–C) groups is 1. The van der Waals surface area contributed by atoms with Crippen LogP contribution in [0.2, 0.25) is 0 Å². The SMILES string of the molecule is CN=C(NCc1cccc(CN2CCOCC2)c1)NC1CC2(CCCC2)Oc2ccccc21. The fourth-order valence-electron chi connectivity index (χ4n) is 5.47. The van der Waals surface area contributed by atoms with Gasteiger partial charge in [0.25, 0.3) is 0 Å². The summed E-state index contributed by atoms with van der Waals surface area (Å²) in [6, 6.07) is 17.5. The minimum atomic E-state index is -0.0291. The first-order valence-electron chi connectivity index (χ1n) is 12.4. The van der Waals surface area contributed by atoms with Crippen LogP contribution in [-0.4, -0.2) is 49.8 Å². The van der Waals surface area contributed by atoms with E-state index in [1.807, 2.05) is 7.05 Å². The van der Waals surface area contributed by atoms with Crippen LogP contribution in [0.4, 0.5) is 0 Å². The van der Waals surface area contributed by atoms with E-state index >= 15 is 0 Å². The molecule has 2 N–H and O–H groups in total. The van der Waals surface area contributed by atoms with Gasteiger partial charge in [-0.25, -0.2) is 0 Å².